The van der Waals surface area contributed by atoms with Gasteiger partial charge in [-0.05, 0) is 47.4 Å². The second kappa shape index (κ2) is 9.32. The molecular formula is C21H22N4O. The number of hydrogen-bond acceptors (Lipinski definition) is 3. The summed E-state index contributed by atoms with van der Waals surface area (Å²) in [6.45, 7) is 1.69. The number of benzene rings is 1. The lowest BCUT2D eigenvalue weighted by atomic mass is 10.1. The van der Waals surface area contributed by atoms with Crippen LogP contribution in [0.2, 0.25) is 0 Å². The lowest BCUT2D eigenvalue weighted by Gasteiger charge is -2.23. The van der Waals surface area contributed by atoms with Gasteiger partial charge in [-0.2, -0.15) is 0 Å². The molecule has 0 saturated heterocycles. The summed E-state index contributed by atoms with van der Waals surface area (Å²) in [7, 11) is 0. The highest BCUT2D eigenvalue weighted by Crippen LogP contribution is 2.07. The second-order valence-corrected chi connectivity index (χ2v) is 6.03. The molecule has 0 saturated carbocycles. The minimum atomic E-state index is -0.0745. The second-order valence-electron chi connectivity index (χ2n) is 6.03. The Hall–Kier alpha value is -3.21. The Morgan fingerprint density at radius 2 is 1.42 bits per heavy atom. The number of carbonyl (C=O) groups excluding carboxylic acids is 1. The minimum absolute atomic E-state index is 0.0745. The number of pyridine rings is 2. The molecule has 1 N–H and O–H groups in total. The van der Waals surface area contributed by atoms with E-state index in [1.54, 1.807) is 24.8 Å². The van der Waals surface area contributed by atoms with E-state index in [2.05, 4.69) is 27.4 Å². The third-order valence-electron chi connectivity index (χ3n) is 4.12. The Morgan fingerprint density at radius 1 is 0.808 bits per heavy atom. The maximum Gasteiger partial charge on any atom is 0.317 e. The van der Waals surface area contributed by atoms with Crippen molar-refractivity contribution in [1.29, 1.82) is 0 Å². The first-order chi connectivity index (χ1) is 12.8. The van der Waals surface area contributed by atoms with Crippen molar-refractivity contribution in [3.8, 4) is 0 Å². The van der Waals surface area contributed by atoms with Gasteiger partial charge in [0.25, 0.3) is 0 Å². The van der Waals surface area contributed by atoms with Crippen molar-refractivity contribution in [2.45, 2.75) is 19.5 Å². The van der Waals surface area contributed by atoms with Crippen molar-refractivity contribution in [2.24, 2.45) is 0 Å². The van der Waals surface area contributed by atoms with Crippen molar-refractivity contribution < 1.29 is 4.79 Å². The molecule has 0 unspecified atom stereocenters. The highest BCUT2D eigenvalue weighted by Gasteiger charge is 2.14. The number of nitrogens with zero attached hydrogens (tertiary/aromatic N) is 3. The third-order valence-corrected chi connectivity index (χ3v) is 4.12. The number of aromatic nitrogens is 2. The van der Waals surface area contributed by atoms with Crippen LogP contribution in [0.5, 0.6) is 0 Å². The molecule has 2 heterocycles. The largest absolute Gasteiger partial charge is 0.334 e. The average Bonchev–Trinajstić information content (AvgIpc) is 2.71. The topological polar surface area (TPSA) is 58.1 Å². The smallest absolute Gasteiger partial charge is 0.317 e. The number of carbonyl (C=O) groups is 1. The van der Waals surface area contributed by atoms with E-state index in [4.69, 9.17) is 0 Å². The first-order valence-corrected chi connectivity index (χ1v) is 8.66. The van der Waals surface area contributed by atoms with E-state index in [1.807, 2.05) is 47.4 Å². The number of nitrogens with one attached hydrogen (secondary N) is 1. The van der Waals surface area contributed by atoms with E-state index in [1.165, 1.54) is 5.56 Å². The predicted octanol–water partition coefficient (Wildman–Crippen LogP) is 3.43. The van der Waals surface area contributed by atoms with Crippen molar-refractivity contribution in [3.05, 3.63) is 96.1 Å². The fourth-order valence-corrected chi connectivity index (χ4v) is 2.66. The van der Waals surface area contributed by atoms with Gasteiger partial charge in [0.05, 0.1) is 0 Å². The Kier molecular flexibility index (Phi) is 6.31. The number of rotatable bonds is 7. The molecule has 0 radical (unpaired) electrons. The van der Waals surface area contributed by atoms with E-state index in [0.717, 1.165) is 17.5 Å². The Balaban J connectivity index is 1.63. The van der Waals surface area contributed by atoms with Crippen molar-refractivity contribution >= 4 is 6.03 Å². The number of urea groups is 1. The van der Waals surface area contributed by atoms with Crippen molar-refractivity contribution in [3.63, 3.8) is 0 Å². The maximum absolute atomic E-state index is 12.7. The zero-order chi connectivity index (χ0) is 18.0. The molecule has 26 heavy (non-hydrogen) atoms. The van der Waals surface area contributed by atoms with Crippen LogP contribution in [0.4, 0.5) is 4.79 Å². The summed E-state index contributed by atoms with van der Waals surface area (Å²) in [4.78, 5) is 22.6. The number of hydrogen-bond donors (Lipinski definition) is 1. The van der Waals surface area contributed by atoms with Gasteiger partial charge in [0.15, 0.2) is 0 Å². The Labute approximate surface area is 153 Å². The lowest BCUT2D eigenvalue weighted by molar-refractivity contribution is 0.195. The highest BCUT2D eigenvalue weighted by molar-refractivity contribution is 5.74. The van der Waals surface area contributed by atoms with Crippen LogP contribution in [0.1, 0.15) is 16.7 Å². The summed E-state index contributed by atoms with van der Waals surface area (Å²) in [5.41, 5.74) is 3.31. The van der Waals surface area contributed by atoms with E-state index >= 15 is 0 Å². The predicted molar refractivity (Wildman–Crippen MR) is 101 cm³/mol. The van der Waals surface area contributed by atoms with Crippen molar-refractivity contribution in [1.82, 2.24) is 20.2 Å². The fraction of sp³-hybridized carbons (Fsp3) is 0.190. The third kappa shape index (κ3) is 5.41. The lowest BCUT2D eigenvalue weighted by Crippen LogP contribution is -2.40. The van der Waals surface area contributed by atoms with Crippen LogP contribution < -0.4 is 5.32 Å². The van der Waals surface area contributed by atoms with Crippen molar-refractivity contribution in [2.75, 3.05) is 6.54 Å². The van der Waals surface area contributed by atoms with Gasteiger partial charge in [0.1, 0.15) is 0 Å². The summed E-state index contributed by atoms with van der Waals surface area (Å²) in [6, 6.07) is 17.8. The molecule has 2 aromatic heterocycles. The molecule has 0 atom stereocenters. The van der Waals surface area contributed by atoms with Gasteiger partial charge in [-0.3, -0.25) is 9.97 Å². The van der Waals surface area contributed by atoms with Gasteiger partial charge in [-0.1, -0.05) is 30.3 Å². The zero-order valence-electron chi connectivity index (χ0n) is 14.6. The first-order valence-electron chi connectivity index (χ1n) is 8.66. The normalized spacial score (nSPS) is 10.3. The summed E-state index contributed by atoms with van der Waals surface area (Å²) >= 11 is 0. The molecule has 0 aliphatic heterocycles. The zero-order valence-corrected chi connectivity index (χ0v) is 14.6. The van der Waals surface area contributed by atoms with Crippen LogP contribution in [0.15, 0.2) is 79.4 Å². The van der Waals surface area contributed by atoms with Crippen LogP contribution in [0.25, 0.3) is 0 Å². The fourth-order valence-electron chi connectivity index (χ4n) is 2.66. The molecular weight excluding hydrogens is 324 g/mol. The SMILES string of the molecule is O=C(NCc1ccncc1)N(CCc1ccccc1)Cc1ccncc1. The molecule has 132 valence electrons. The molecule has 5 nitrogen and oxygen atoms in total. The van der Waals surface area contributed by atoms with E-state index in [0.29, 0.717) is 19.6 Å². The molecule has 3 aromatic rings. The molecule has 2 amide bonds. The van der Waals surface area contributed by atoms with Gasteiger partial charge >= 0.3 is 6.03 Å². The molecule has 0 bridgehead atoms. The van der Waals surface area contributed by atoms with Crippen LogP contribution >= 0.6 is 0 Å². The van der Waals surface area contributed by atoms with Gasteiger partial charge in [-0.15, -0.1) is 0 Å². The van der Waals surface area contributed by atoms with Crippen LogP contribution in [0.3, 0.4) is 0 Å². The van der Waals surface area contributed by atoms with E-state index in [9.17, 15) is 4.79 Å². The van der Waals surface area contributed by atoms with E-state index in [-0.39, 0.29) is 6.03 Å². The number of amides is 2. The van der Waals surface area contributed by atoms with Gasteiger partial charge in [0.2, 0.25) is 0 Å². The van der Waals surface area contributed by atoms with Crippen LogP contribution in [-0.2, 0) is 19.5 Å². The summed E-state index contributed by atoms with van der Waals surface area (Å²) in [6.07, 6.45) is 7.77. The van der Waals surface area contributed by atoms with Crippen LogP contribution in [0, 0.1) is 0 Å². The average molecular weight is 346 g/mol. The molecule has 3 rings (SSSR count). The standard InChI is InChI=1S/C21H22N4O/c26-21(24-16-19-6-11-22-12-7-19)25(17-20-8-13-23-14-9-20)15-10-18-4-2-1-3-5-18/h1-9,11-14H,10,15-17H2,(H,24,26). The van der Waals surface area contributed by atoms with Gasteiger partial charge in [0, 0.05) is 44.4 Å². The molecule has 0 fully saturated rings. The molecule has 0 spiro atoms. The van der Waals surface area contributed by atoms with Gasteiger partial charge < -0.3 is 10.2 Å². The quantitative estimate of drug-likeness (QED) is 0.713. The summed E-state index contributed by atoms with van der Waals surface area (Å²) < 4.78 is 0. The Bertz CT molecular complexity index is 794. The summed E-state index contributed by atoms with van der Waals surface area (Å²) in [5.74, 6) is 0. The monoisotopic (exact) mass is 346 g/mol. The minimum Gasteiger partial charge on any atom is -0.334 e. The first kappa shape index (κ1) is 17.6. The molecule has 1 aromatic carbocycles. The highest BCUT2D eigenvalue weighted by atomic mass is 16.2. The summed E-state index contributed by atoms with van der Waals surface area (Å²) in [5, 5.41) is 3.00. The van der Waals surface area contributed by atoms with E-state index < -0.39 is 0 Å². The Morgan fingerprint density at radius 3 is 2.08 bits per heavy atom. The molecule has 0 aliphatic carbocycles. The molecule has 5 heteroatoms. The molecule has 0 aliphatic rings. The maximum atomic E-state index is 12.7. The van der Waals surface area contributed by atoms with Crippen LogP contribution in [-0.4, -0.2) is 27.4 Å². The van der Waals surface area contributed by atoms with Gasteiger partial charge in [-0.25, -0.2) is 4.79 Å².